The molecule has 0 saturated carbocycles. The fourth-order valence-corrected chi connectivity index (χ4v) is 1.68. The molecule has 98 valence electrons. The molecule has 2 rings (SSSR count). The van der Waals surface area contributed by atoms with Gasteiger partial charge in [-0.2, -0.15) is 0 Å². The van der Waals surface area contributed by atoms with Crippen molar-refractivity contribution in [3.63, 3.8) is 0 Å². The highest BCUT2D eigenvalue weighted by atomic mass is 19.1. The van der Waals surface area contributed by atoms with Crippen molar-refractivity contribution < 1.29 is 19.0 Å². The number of aromatic carboxylic acids is 1. The van der Waals surface area contributed by atoms with Gasteiger partial charge in [-0.3, -0.25) is 0 Å². The van der Waals surface area contributed by atoms with E-state index >= 15 is 0 Å². The maximum absolute atomic E-state index is 13.1. The van der Waals surface area contributed by atoms with Crippen LogP contribution in [0, 0.1) is 12.7 Å². The summed E-state index contributed by atoms with van der Waals surface area (Å²) in [6.07, 6.45) is 0. The molecular formula is C15H13FO3. The Balaban J connectivity index is 2.12. The lowest BCUT2D eigenvalue weighted by atomic mass is 10.1. The van der Waals surface area contributed by atoms with E-state index in [0.29, 0.717) is 5.75 Å². The highest BCUT2D eigenvalue weighted by Gasteiger charge is 2.05. The molecule has 0 atom stereocenters. The lowest BCUT2D eigenvalue weighted by Crippen LogP contribution is -2.00. The Morgan fingerprint density at radius 1 is 1.26 bits per heavy atom. The van der Waals surface area contributed by atoms with Gasteiger partial charge in [-0.25, -0.2) is 9.18 Å². The first-order valence-corrected chi connectivity index (χ1v) is 5.77. The van der Waals surface area contributed by atoms with E-state index in [2.05, 4.69) is 0 Å². The molecule has 2 aromatic rings. The summed E-state index contributed by atoms with van der Waals surface area (Å²) in [7, 11) is 0. The first kappa shape index (κ1) is 13.1. The zero-order chi connectivity index (χ0) is 13.8. The predicted molar refractivity (Wildman–Crippen MR) is 68.9 cm³/mol. The molecule has 19 heavy (non-hydrogen) atoms. The van der Waals surface area contributed by atoms with E-state index < -0.39 is 5.97 Å². The normalized spacial score (nSPS) is 10.2. The van der Waals surface area contributed by atoms with E-state index in [1.165, 1.54) is 24.3 Å². The second kappa shape index (κ2) is 5.52. The molecule has 3 nitrogen and oxygen atoms in total. The smallest absolute Gasteiger partial charge is 0.335 e. The molecule has 0 aliphatic carbocycles. The molecular weight excluding hydrogens is 247 g/mol. The topological polar surface area (TPSA) is 46.5 Å². The molecule has 0 radical (unpaired) electrons. The van der Waals surface area contributed by atoms with Crippen molar-refractivity contribution in [1.82, 2.24) is 0 Å². The summed E-state index contributed by atoms with van der Waals surface area (Å²) in [5.41, 5.74) is 1.82. The highest BCUT2D eigenvalue weighted by molar-refractivity contribution is 5.87. The lowest BCUT2D eigenvalue weighted by molar-refractivity contribution is 0.0696. The molecule has 0 aromatic heterocycles. The van der Waals surface area contributed by atoms with Crippen molar-refractivity contribution >= 4 is 5.97 Å². The Kier molecular flexibility index (Phi) is 3.80. The Morgan fingerprint density at radius 2 is 2.05 bits per heavy atom. The van der Waals surface area contributed by atoms with E-state index in [4.69, 9.17) is 9.84 Å². The second-order valence-electron chi connectivity index (χ2n) is 4.19. The standard InChI is InChI=1S/C15H13FO3/c1-10-5-6-13(16)7-12(10)9-19-14-4-2-3-11(8-14)15(17)18/h2-8H,9H2,1H3,(H,17,18). The van der Waals surface area contributed by atoms with Crippen molar-refractivity contribution in [3.05, 3.63) is 65.0 Å². The fourth-order valence-electron chi connectivity index (χ4n) is 1.68. The van der Waals surface area contributed by atoms with Crippen LogP contribution < -0.4 is 4.74 Å². The number of hydrogen-bond acceptors (Lipinski definition) is 2. The second-order valence-corrected chi connectivity index (χ2v) is 4.19. The summed E-state index contributed by atoms with van der Waals surface area (Å²) in [4.78, 5) is 10.8. The number of ether oxygens (including phenoxy) is 1. The van der Waals surface area contributed by atoms with Crippen molar-refractivity contribution in [3.8, 4) is 5.75 Å². The molecule has 0 aliphatic heterocycles. The summed E-state index contributed by atoms with van der Waals surface area (Å²) in [5, 5.41) is 8.87. The minimum absolute atomic E-state index is 0.161. The average Bonchev–Trinajstić information content (AvgIpc) is 2.40. The van der Waals surface area contributed by atoms with E-state index in [0.717, 1.165) is 11.1 Å². The number of carboxylic acid groups (broad SMARTS) is 1. The quantitative estimate of drug-likeness (QED) is 0.916. The fraction of sp³-hybridized carbons (Fsp3) is 0.133. The summed E-state index contributed by atoms with van der Waals surface area (Å²) in [6, 6.07) is 10.7. The summed E-state index contributed by atoms with van der Waals surface area (Å²) >= 11 is 0. The zero-order valence-electron chi connectivity index (χ0n) is 10.4. The van der Waals surface area contributed by atoms with Crippen LogP contribution in [0.3, 0.4) is 0 Å². The first-order chi connectivity index (χ1) is 9.06. The van der Waals surface area contributed by atoms with Crippen molar-refractivity contribution in [1.29, 1.82) is 0 Å². The molecule has 1 N–H and O–H groups in total. The predicted octanol–water partition coefficient (Wildman–Crippen LogP) is 3.41. The van der Waals surface area contributed by atoms with Crippen LogP contribution in [0.5, 0.6) is 5.75 Å². The molecule has 0 fully saturated rings. The Hall–Kier alpha value is -2.36. The number of aryl methyl sites for hydroxylation is 1. The van der Waals surface area contributed by atoms with Gasteiger partial charge in [0, 0.05) is 0 Å². The number of benzene rings is 2. The molecule has 0 heterocycles. The number of carbonyl (C=O) groups is 1. The molecule has 0 amide bonds. The number of rotatable bonds is 4. The minimum atomic E-state index is -1.01. The van der Waals surface area contributed by atoms with Crippen LogP contribution in [0.25, 0.3) is 0 Å². The Morgan fingerprint density at radius 3 is 2.79 bits per heavy atom. The van der Waals surface area contributed by atoms with E-state index in [9.17, 15) is 9.18 Å². The van der Waals surface area contributed by atoms with Gasteiger partial charge in [-0.15, -0.1) is 0 Å². The van der Waals surface area contributed by atoms with E-state index in [-0.39, 0.29) is 18.0 Å². The number of carboxylic acids is 1. The third-order valence-corrected chi connectivity index (χ3v) is 2.79. The van der Waals surface area contributed by atoms with Crippen LogP contribution in [-0.2, 0) is 6.61 Å². The lowest BCUT2D eigenvalue weighted by Gasteiger charge is -2.09. The molecule has 2 aromatic carbocycles. The zero-order valence-corrected chi connectivity index (χ0v) is 10.4. The molecule has 0 aliphatic rings. The Labute approximate surface area is 110 Å². The van der Waals surface area contributed by atoms with Crippen molar-refractivity contribution in [2.75, 3.05) is 0 Å². The van der Waals surface area contributed by atoms with Gasteiger partial charge in [0.1, 0.15) is 18.2 Å². The van der Waals surface area contributed by atoms with Crippen molar-refractivity contribution in [2.45, 2.75) is 13.5 Å². The molecule has 0 saturated heterocycles. The maximum Gasteiger partial charge on any atom is 0.335 e. The highest BCUT2D eigenvalue weighted by Crippen LogP contribution is 2.17. The summed E-state index contributed by atoms with van der Waals surface area (Å²) < 4.78 is 18.6. The van der Waals surface area contributed by atoms with Gasteiger partial charge in [0.2, 0.25) is 0 Å². The van der Waals surface area contributed by atoms with E-state index in [1.54, 1.807) is 18.2 Å². The van der Waals surface area contributed by atoms with Crippen LogP contribution in [0.4, 0.5) is 4.39 Å². The van der Waals surface area contributed by atoms with Crippen LogP contribution >= 0.6 is 0 Å². The number of hydrogen-bond donors (Lipinski definition) is 1. The molecule has 0 bridgehead atoms. The van der Waals surface area contributed by atoms with Crippen LogP contribution in [0.15, 0.2) is 42.5 Å². The van der Waals surface area contributed by atoms with Gasteiger partial charge in [0.05, 0.1) is 5.56 Å². The van der Waals surface area contributed by atoms with Crippen LogP contribution in [0.2, 0.25) is 0 Å². The van der Waals surface area contributed by atoms with Crippen LogP contribution in [0.1, 0.15) is 21.5 Å². The maximum atomic E-state index is 13.1. The minimum Gasteiger partial charge on any atom is -0.489 e. The van der Waals surface area contributed by atoms with Gasteiger partial charge < -0.3 is 9.84 Å². The SMILES string of the molecule is Cc1ccc(F)cc1COc1cccc(C(=O)O)c1. The van der Waals surface area contributed by atoms with Gasteiger partial charge >= 0.3 is 5.97 Å². The third-order valence-electron chi connectivity index (χ3n) is 2.79. The monoisotopic (exact) mass is 260 g/mol. The summed E-state index contributed by atoms with van der Waals surface area (Å²) in [6.45, 7) is 2.07. The third kappa shape index (κ3) is 3.31. The average molecular weight is 260 g/mol. The van der Waals surface area contributed by atoms with Gasteiger partial charge in [-0.1, -0.05) is 12.1 Å². The first-order valence-electron chi connectivity index (χ1n) is 5.77. The molecule has 0 unspecified atom stereocenters. The Bertz CT molecular complexity index is 608. The van der Waals surface area contributed by atoms with E-state index in [1.807, 2.05) is 6.92 Å². The van der Waals surface area contributed by atoms with Gasteiger partial charge in [0.25, 0.3) is 0 Å². The largest absolute Gasteiger partial charge is 0.489 e. The number of halogens is 1. The molecule has 4 heteroatoms. The van der Waals surface area contributed by atoms with Crippen LogP contribution in [-0.4, -0.2) is 11.1 Å². The molecule has 0 spiro atoms. The van der Waals surface area contributed by atoms with Gasteiger partial charge in [-0.05, 0) is 48.4 Å². The van der Waals surface area contributed by atoms with Crippen molar-refractivity contribution in [2.24, 2.45) is 0 Å². The van der Waals surface area contributed by atoms with Gasteiger partial charge in [0.15, 0.2) is 0 Å². The summed E-state index contributed by atoms with van der Waals surface area (Å²) in [5.74, 6) is -0.876.